The number of methoxy groups -OCH3 is 2. The molecule has 15 nitrogen and oxygen atoms in total. The first-order valence-electron chi connectivity index (χ1n) is 15.9. The van der Waals surface area contributed by atoms with Crippen LogP contribution in [0.25, 0.3) is 6.08 Å². The topological polar surface area (TPSA) is 201 Å². The van der Waals surface area contributed by atoms with E-state index >= 15 is 0 Å². The van der Waals surface area contributed by atoms with E-state index in [2.05, 4.69) is 0 Å². The smallest absolute Gasteiger partial charge is 0.331 e. The summed E-state index contributed by atoms with van der Waals surface area (Å²) in [5.41, 5.74) is 1.24. The van der Waals surface area contributed by atoms with E-state index in [4.69, 9.17) is 42.6 Å². The van der Waals surface area contributed by atoms with Gasteiger partial charge in [-0.2, -0.15) is 0 Å². The highest BCUT2D eigenvalue weighted by atomic mass is 16.8. The number of fused-ring (bicyclic) bond motifs is 1. The fourth-order valence-electron chi connectivity index (χ4n) is 5.99. The van der Waals surface area contributed by atoms with E-state index in [9.17, 15) is 30.3 Å². The van der Waals surface area contributed by atoms with Crippen molar-refractivity contribution in [2.45, 2.75) is 94.4 Å². The number of phenolic OH excluding ortho intramolecular Hbond substituents is 2. The van der Waals surface area contributed by atoms with Crippen molar-refractivity contribution in [3.05, 3.63) is 53.6 Å². The summed E-state index contributed by atoms with van der Waals surface area (Å²) >= 11 is 0. The van der Waals surface area contributed by atoms with E-state index in [-0.39, 0.29) is 23.9 Å². The summed E-state index contributed by atoms with van der Waals surface area (Å²) in [6.07, 6.45) is -8.76. The molecule has 270 valence electrons. The monoisotopic (exact) mass is 692 g/mol. The minimum Gasteiger partial charge on any atom is -0.504 e. The lowest BCUT2D eigenvalue weighted by Gasteiger charge is -2.46. The van der Waals surface area contributed by atoms with E-state index < -0.39 is 79.8 Å². The van der Waals surface area contributed by atoms with Gasteiger partial charge >= 0.3 is 5.97 Å². The molecule has 0 amide bonds. The second-order valence-corrected chi connectivity index (χ2v) is 12.4. The molecule has 0 saturated carbocycles. The van der Waals surface area contributed by atoms with Gasteiger partial charge in [0, 0.05) is 6.08 Å². The normalized spacial score (nSPS) is 32.5. The maximum atomic E-state index is 13.1. The summed E-state index contributed by atoms with van der Waals surface area (Å²) in [5.74, 6) is -1.54. The van der Waals surface area contributed by atoms with Gasteiger partial charge in [-0.1, -0.05) is 12.1 Å². The Morgan fingerprint density at radius 3 is 2.33 bits per heavy atom. The molecule has 5 N–H and O–H groups in total. The van der Waals surface area contributed by atoms with Crippen LogP contribution in [0.15, 0.2) is 42.5 Å². The Balaban J connectivity index is 1.36. The second kappa shape index (κ2) is 15.6. The SMILES string of the molecule is COc1ccc(CCO[C@@H]2O[C@H](CO)[C@@H](OC(=O)/C=C/c3ccc(O)c(OC)c3)[C@H](O[C@@H]3O[C@@H](C)[C@H](O)[C@H]4OC(C)(C)O[C@@H]34)[C@H]2O)cc1O. The zero-order chi connectivity index (χ0) is 35.5. The fourth-order valence-corrected chi connectivity index (χ4v) is 5.99. The Kier molecular flexibility index (Phi) is 11.7. The van der Waals surface area contributed by atoms with Gasteiger partial charge < -0.3 is 68.2 Å². The molecule has 0 aliphatic carbocycles. The number of rotatable bonds is 12. The Morgan fingerprint density at radius 2 is 1.63 bits per heavy atom. The Labute approximate surface area is 283 Å². The molecular weight excluding hydrogens is 648 g/mol. The maximum absolute atomic E-state index is 13.1. The fraction of sp³-hybridized carbons (Fsp3) is 0.559. The number of aliphatic hydroxyl groups is 3. The molecule has 3 fully saturated rings. The average molecular weight is 693 g/mol. The van der Waals surface area contributed by atoms with Crippen LogP contribution < -0.4 is 9.47 Å². The highest BCUT2D eigenvalue weighted by molar-refractivity contribution is 5.87. The van der Waals surface area contributed by atoms with E-state index in [1.165, 1.54) is 38.5 Å². The molecule has 3 saturated heterocycles. The summed E-state index contributed by atoms with van der Waals surface area (Å²) < 4.78 is 51.9. The first-order chi connectivity index (χ1) is 23.3. The molecule has 15 heteroatoms. The number of benzene rings is 2. The van der Waals surface area contributed by atoms with Crippen molar-refractivity contribution >= 4 is 12.0 Å². The largest absolute Gasteiger partial charge is 0.504 e. The lowest BCUT2D eigenvalue weighted by molar-refractivity contribution is -0.351. The second-order valence-electron chi connectivity index (χ2n) is 12.4. The van der Waals surface area contributed by atoms with Crippen LogP contribution in [0.4, 0.5) is 0 Å². The van der Waals surface area contributed by atoms with Crippen molar-refractivity contribution in [2.75, 3.05) is 27.4 Å². The third-order valence-electron chi connectivity index (χ3n) is 8.47. The van der Waals surface area contributed by atoms with Crippen molar-refractivity contribution in [2.24, 2.45) is 0 Å². The summed E-state index contributed by atoms with van der Waals surface area (Å²) in [4.78, 5) is 13.1. The number of hydrogen-bond acceptors (Lipinski definition) is 15. The van der Waals surface area contributed by atoms with Gasteiger partial charge in [-0.15, -0.1) is 0 Å². The molecule has 0 bridgehead atoms. The van der Waals surface area contributed by atoms with Crippen LogP contribution in [0.5, 0.6) is 23.0 Å². The number of esters is 1. The molecule has 0 spiro atoms. The van der Waals surface area contributed by atoms with Gasteiger partial charge in [-0.3, -0.25) is 0 Å². The molecule has 3 aliphatic rings. The van der Waals surface area contributed by atoms with Crippen LogP contribution in [0, 0.1) is 0 Å². The molecule has 2 aromatic carbocycles. The summed E-state index contributed by atoms with van der Waals surface area (Å²) in [7, 11) is 2.84. The summed E-state index contributed by atoms with van der Waals surface area (Å²) in [5, 5.41) is 52.7. The third kappa shape index (κ3) is 8.45. The first kappa shape index (κ1) is 36.8. The minimum atomic E-state index is -1.57. The van der Waals surface area contributed by atoms with Crippen LogP contribution in [-0.4, -0.2) is 126 Å². The van der Waals surface area contributed by atoms with Crippen molar-refractivity contribution in [1.29, 1.82) is 0 Å². The highest BCUT2D eigenvalue weighted by Crippen LogP contribution is 2.40. The van der Waals surface area contributed by atoms with E-state index in [0.29, 0.717) is 17.7 Å². The molecule has 0 aromatic heterocycles. The Bertz CT molecular complexity index is 1460. The van der Waals surface area contributed by atoms with Crippen molar-refractivity contribution in [1.82, 2.24) is 0 Å². The maximum Gasteiger partial charge on any atom is 0.331 e. The molecule has 5 rings (SSSR count). The average Bonchev–Trinajstić information content (AvgIpc) is 3.41. The van der Waals surface area contributed by atoms with Crippen LogP contribution >= 0.6 is 0 Å². The standard InChI is InChI=1S/C34H44O15/c1-17-26(39)30-31(49-34(2,3)48-30)33(44-17)47-29-27(40)32(43-13-12-19-7-10-22(41-4)21(37)14-19)45-24(16-35)28(29)46-25(38)11-8-18-6-9-20(36)23(15-18)42-5/h6-11,14-15,17,24,26-33,35-37,39-40H,12-13,16H2,1-5H3/b11-8+/t17-,24+,26-,27+,28+,29+,30+,31+,32+,33-/m0/s1. The molecule has 0 radical (unpaired) electrons. The number of aromatic hydroxyl groups is 2. The first-order valence-corrected chi connectivity index (χ1v) is 15.9. The van der Waals surface area contributed by atoms with Gasteiger partial charge in [0.25, 0.3) is 0 Å². The predicted octanol–water partition coefficient (Wildman–Crippen LogP) is 1.39. The van der Waals surface area contributed by atoms with Gasteiger partial charge in [0.1, 0.15) is 36.6 Å². The zero-order valence-electron chi connectivity index (χ0n) is 27.8. The molecule has 0 unspecified atom stereocenters. The zero-order valence-corrected chi connectivity index (χ0v) is 27.8. The van der Waals surface area contributed by atoms with E-state index in [1.807, 2.05) is 0 Å². The van der Waals surface area contributed by atoms with Gasteiger partial charge in [-0.05, 0) is 68.7 Å². The van der Waals surface area contributed by atoms with Gasteiger partial charge in [0.2, 0.25) is 0 Å². The third-order valence-corrected chi connectivity index (χ3v) is 8.47. The van der Waals surface area contributed by atoms with Crippen molar-refractivity contribution in [3.8, 4) is 23.0 Å². The quantitative estimate of drug-likeness (QED) is 0.158. The molecule has 10 atom stereocenters. The lowest BCUT2D eigenvalue weighted by atomic mass is 9.97. The summed E-state index contributed by atoms with van der Waals surface area (Å²) in [6.45, 7) is 4.37. The van der Waals surface area contributed by atoms with Gasteiger partial charge in [0.05, 0.1) is 33.5 Å². The Morgan fingerprint density at radius 1 is 0.898 bits per heavy atom. The molecule has 3 aliphatic heterocycles. The lowest BCUT2D eigenvalue weighted by Crippen LogP contribution is -2.64. The van der Waals surface area contributed by atoms with Crippen LogP contribution in [-0.2, 0) is 44.4 Å². The molecule has 49 heavy (non-hydrogen) atoms. The van der Waals surface area contributed by atoms with E-state index in [1.54, 1.807) is 39.0 Å². The number of phenols is 2. The number of carbonyl (C=O) groups is 1. The minimum absolute atomic E-state index is 0.0284. The van der Waals surface area contributed by atoms with Gasteiger partial charge in [-0.25, -0.2) is 4.79 Å². The predicted molar refractivity (Wildman–Crippen MR) is 169 cm³/mol. The van der Waals surface area contributed by atoms with Crippen LogP contribution in [0.1, 0.15) is 31.9 Å². The van der Waals surface area contributed by atoms with Crippen LogP contribution in [0.3, 0.4) is 0 Å². The molecule has 3 heterocycles. The van der Waals surface area contributed by atoms with Crippen molar-refractivity contribution < 1.29 is 73.0 Å². The molecule has 2 aromatic rings. The number of aliphatic hydroxyl groups excluding tert-OH is 3. The van der Waals surface area contributed by atoms with Crippen molar-refractivity contribution in [3.63, 3.8) is 0 Å². The van der Waals surface area contributed by atoms with E-state index in [0.717, 1.165) is 11.6 Å². The number of ether oxygens (including phenoxy) is 9. The highest BCUT2D eigenvalue weighted by Gasteiger charge is 2.57. The van der Waals surface area contributed by atoms with Crippen LogP contribution in [0.2, 0.25) is 0 Å². The number of hydrogen-bond donors (Lipinski definition) is 5. The van der Waals surface area contributed by atoms with Gasteiger partial charge in [0.15, 0.2) is 47.5 Å². The Hall–Kier alpha value is -3.51. The number of carbonyl (C=O) groups excluding carboxylic acids is 1. The summed E-state index contributed by atoms with van der Waals surface area (Å²) in [6, 6.07) is 9.37. The molecular formula is C34H44O15.